The average Bonchev–Trinajstić information content (AvgIpc) is 2.80. The minimum Gasteiger partial charge on any atom is -0.492 e. The van der Waals surface area contributed by atoms with Crippen molar-refractivity contribution < 1.29 is 13.9 Å². The van der Waals surface area contributed by atoms with Crippen LogP contribution < -0.4 is 10.1 Å². The molecule has 2 N–H and O–H groups in total. The number of carbonyl (C=O) groups excluding carboxylic acids is 1. The summed E-state index contributed by atoms with van der Waals surface area (Å²) < 4.78 is 18.4. The fourth-order valence-electron chi connectivity index (χ4n) is 1.50. The maximum Gasteiger partial charge on any atom is 0.295 e. The molecule has 0 radical (unpaired) electrons. The normalized spacial score (nSPS) is 10.3. The summed E-state index contributed by atoms with van der Waals surface area (Å²) >= 11 is 0. The van der Waals surface area contributed by atoms with Gasteiger partial charge < -0.3 is 10.1 Å². The number of anilines is 1. The fraction of sp³-hybridized carbons (Fsp3) is 0.250. The highest BCUT2D eigenvalue weighted by Crippen LogP contribution is 2.25. The Hall–Kier alpha value is -2.44. The van der Waals surface area contributed by atoms with E-state index in [1.165, 1.54) is 18.2 Å². The first-order valence-corrected chi connectivity index (χ1v) is 5.73. The molecule has 1 amide bonds. The Morgan fingerprint density at radius 1 is 1.53 bits per heavy atom. The molecule has 1 aromatic heterocycles. The van der Waals surface area contributed by atoms with E-state index in [1.807, 2.05) is 0 Å². The van der Waals surface area contributed by atoms with E-state index in [1.54, 1.807) is 13.8 Å². The number of hydrogen-bond donors (Lipinski definition) is 2. The van der Waals surface area contributed by atoms with Gasteiger partial charge in [0.2, 0.25) is 5.82 Å². The van der Waals surface area contributed by atoms with Crippen LogP contribution in [0.15, 0.2) is 18.2 Å². The lowest BCUT2D eigenvalue weighted by atomic mass is 10.2. The summed E-state index contributed by atoms with van der Waals surface area (Å²) in [6.07, 6.45) is 0. The molecule has 1 heterocycles. The topological polar surface area (TPSA) is 79.9 Å². The van der Waals surface area contributed by atoms with E-state index >= 15 is 0 Å². The molecular formula is C12H13FN4O2. The molecule has 0 fully saturated rings. The zero-order valence-corrected chi connectivity index (χ0v) is 10.5. The van der Waals surface area contributed by atoms with Crippen LogP contribution in [0.1, 0.15) is 23.4 Å². The zero-order valence-electron chi connectivity index (χ0n) is 10.5. The smallest absolute Gasteiger partial charge is 0.295 e. The molecular weight excluding hydrogens is 251 g/mol. The van der Waals surface area contributed by atoms with Crippen LogP contribution in [-0.4, -0.2) is 27.7 Å². The Morgan fingerprint density at radius 3 is 2.95 bits per heavy atom. The number of nitrogens with zero attached hydrogens (tertiary/aromatic N) is 2. The van der Waals surface area contributed by atoms with E-state index in [-0.39, 0.29) is 11.6 Å². The van der Waals surface area contributed by atoms with Gasteiger partial charge in [-0.15, -0.1) is 5.10 Å². The minimum atomic E-state index is -0.489. The van der Waals surface area contributed by atoms with E-state index in [0.717, 1.165) is 0 Å². The van der Waals surface area contributed by atoms with Gasteiger partial charge in [-0.3, -0.25) is 9.89 Å². The maximum atomic E-state index is 13.1. The number of H-pyrrole nitrogens is 1. The summed E-state index contributed by atoms with van der Waals surface area (Å²) in [5, 5.41) is 8.89. The molecule has 0 aliphatic rings. The van der Waals surface area contributed by atoms with E-state index in [0.29, 0.717) is 18.1 Å². The van der Waals surface area contributed by atoms with Crippen LogP contribution in [0.25, 0.3) is 0 Å². The quantitative estimate of drug-likeness (QED) is 0.883. The highest BCUT2D eigenvalue weighted by molar-refractivity contribution is 6.02. The SMILES string of the molecule is CCOc1cc(F)ccc1NC(=O)c1n[nH]c(C)n1. The highest BCUT2D eigenvalue weighted by atomic mass is 19.1. The van der Waals surface area contributed by atoms with Crippen LogP contribution >= 0.6 is 0 Å². The van der Waals surface area contributed by atoms with E-state index in [4.69, 9.17) is 4.74 Å². The van der Waals surface area contributed by atoms with Crippen molar-refractivity contribution >= 4 is 11.6 Å². The molecule has 0 unspecified atom stereocenters. The Kier molecular flexibility index (Phi) is 3.74. The number of carbonyl (C=O) groups is 1. The molecule has 0 saturated carbocycles. The lowest BCUT2D eigenvalue weighted by Crippen LogP contribution is -2.14. The number of amides is 1. The summed E-state index contributed by atoms with van der Waals surface area (Å²) in [7, 11) is 0. The van der Waals surface area contributed by atoms with Gasteiger partial charge in [-0.25, -0.2) is 9.37 Å². The molecule has 0 aliphatic carbocycles. The van der Waals surface area contributed by atoms with Crippen LogP contribution in [0, 0.1) is 12.7 Å². The van der Waals surface area contributed by atoms with Gasteiger partial charge in [0, 0.05) is 6.07 Å². The Bertz CT molecular complexity index is 597. The molecule has 100 valence electrons. The first-order chi connectivity index (χ1) is 9.10. The van der Waals surface area contributed by atoms with Crippen molar-refractivity contribution in [1.82, 2.24) is 15.2 Å². The third-order valence-electron chi connectivity index (χ3n) is 2.29. The lowest BCUT2D eigenvalue weighted by molar-refractivity contribution is 0.101. The monoisotopic (exact) mass is 264 g/mol. The molecule has 19 heavy (non-hydrogen) atoms. The molecule has 0 bridgehead atoms. The Morgan fingerprint density at radius 2 is 2.32 bits per heavy atom. The molecule has 2 rings (SSSR count). The second-order valence-corrected chi connectivity index (χ2v) is 3.77. The lowest BCUT2D eigenvalue weighted by Gasteiger charge is -2.10. The molecule has 0 saturated heterocycles. The maximum absolute atomic E-state index is 13.1. The Labute approximate surface area is 109 Å². The van der Waals surface area contributed by atoms with Crippen LogP contribution in [-0.2, 0) is 0 Å². The molecule has 1 aromatic carbocycles. The first kappa shape index (κ1) is 13.0. The average molecular weight is 264 g/mol. The third kappa shape index (κ3) is 3.06. The van der Waals surface area contributed by atoms with E-state index in [2.05, 4.69) is 20.5 Å². The number of aromatic nitrogens is 3. The van der Waals surface area contributed by atoms with Crippen molar-refractivity contribution in [1.29, 1.82) is 0 Å². The number of nitrogens with one attached hydrogen (secondary N) is 2. The van der Waals surface area contributed by atoms with E-state index < -0.39 is 11.7 Å². The van der Waals surface area contributed by atoms with Crippen LogP contribution in [0.2, 0.25) is 0 Å². The van der Waals surface area contributed by atoms with Crippen LogP contribution in [0.4, 0.5) is 10.1 Å². The number of aryl methyl sites for hydroxylation is 1. The molecule has 2 aromatic rings. The Balaban J connectivity index is 2.20. The van der Waals surface area contributed by atoms with Gasteiger partial charge in [0.25, 0.3) is 5.91 Å². The summed E-state index contributed by atoms with van der Waals surface area (Å²) in [4.78, 5) is 15.8. The number of benzene rings is 1. The number of rotatable bonds is 4. The van der Waals surface area contributed by atoms with Crippen molar-refractivity contribution in [2.75, 3.05) is 11.9 Å². The summed E-state index contributed by atoms with van der Waals surface area (Å²) in [5.74, 6) is -0.103. The highest BCUT2D eigenvalue weighted by Gasteiger charge is 2.14. The summed E-state index contributed by atoms with van der Waals surface area (Å²) in [5.41, 5.74) is 0.371. The largest absolute Gasteiger partial charge is 0.492 e. The number of hydrogen-bond acceptors (Lipinski definition) is 4. The first-order valence-electron chi connectivity index (χ1n) is 5.73. The fourth-order valence-corrected chi connectivity index (χ4v) is 1.50. The molecule has 7 heteroatoms. The number of aromatic amines is 1. The van der Waals surface area contributed by atoms with Crippen molar-refractivity contribution in [2.45, 2.75) is 13.8 Å². The van der Waals surface area contributed by atoms with Crippen molar-refractivity contribution in [2.24, 2.45) is 0 Å². The molecule has 6 nitrogen and oxygen atoms in total. The number of halogens is 1. The summed E-state index contributed by atoms with van der Waals surface area (Å²) in [6.45, 7) is 3.83. The van der Waals surface area contributed by atoms with Crippen molar-refractivity contribution in [3.05, 3.63) is 35.7 Å². The van der Waals surface area contributed by atoms with Gasteiger partial charge >= 0.3 is 0 Å². The zero-order chi connectivity index (χ0) is 13.8. The third-order valence-corrected chi connectivity index (χ3v) is 2.29. The summed E-state index contributed by atoms with van der Waals surface area (Å²) in [6, 6.07) is 3.88. The van der Waals surface area contributed by atoms with Crippen molar-refractivity contribution in [3.8, 4) is 5.75 Å². The van der Waals surface area contributed by atoms with Crippen molar-refractivity contribution in [3.63, 3.8) is 0 Å². The van der Waals surface area contributed by atoms with Crippen LogP contribution in [0.3, 0.4) is 0 Å². The molecule has 0 aliphatic heterocycles. The molecule has 0 spiro atoms. The van der Waals surface area contributed by atoms with Gasteiger partial charge in [0.1, 0.15) is 17.4 Å². The van der Waals surface area contributed by atoms with Gasteiger partial charge in [0.05, 0.1) is 12.3 Å². The van der Waals surface area contributed by atoms with Crippen LogP contribution in [0.5, 0.6) is 5.75 Å². The second-order valence-electron chi connectivity index (χ2n) is 3.77. The second kappa shape index (κ2) is 5.47. The molecule has 0 atom stereocenters. The van der Waals surface area contributed by atoms with Gasteiger partial charge in [-0.05, 0) is 26.0 Å². The predicted molar refractivity (Wildman–Crippen MR) is 66.6 cm³/mol. The van der Waals surface area contributed by atoms with Gasteiger partial charge in [0.15, 0.2) is 0 Å². The standard InChI is InChI=1S/C12H13FN4O2/c1-3-19-10-6-8(13)4-5-9(10)15-12(18)11-14-7(2)16-17-11/h4-6H,3H2,1-2H3,(H,15,18)(H,14,16,17). The van der Waals surface area contributed by atoms with Gasteiger partial charge in [-0.2, -0.15) is 0 Å². The predicted octanol–water partition coefficient (Wildman–Crippen LogP) is 1.90. The van der Waals surface area contributed by atoms with Gasteiger partial charge in [-0.1, -0.05) is 0 Å². The minimum absolute atomic E-state index is 0.0178. The van der Waals surface area contributed by atoms with E-state index in [9.17, 15) is 9.18 Å². The number of ether oxygens (including phenoxy) is 1.